The molecule has 17 heavy (non-hydrogen) atoms. The maximum Gasteiger partial charge on any atom is 0.319 e. The number of ether oxygens (including phenoxy) is 1. The van der Waals surface area contributed by atoms with Crippen molar-refractivity contribution in [2.75, 3.05) is 13.2 Å². The second-order valence-electron chi connectivity index (χ2n) is 5.20. The minimum Gasteiger partial charge on any atom is -0.465 e. The first kappa shape index (κ1) is 15.9. The van der Waals surface area contributed by atoms with Gasteiger partial charge >= 0.3 is 5.97 Å². The van der Waals surface area contributed by atoms with E-state index in [0.717, 1.165) is 12.8 Å². The Morgan fingerprint density at radius 3 is 2.24 bits per heavy atom. The van der Waals surface area contributed by atoms with Crippen LogP contribution in [0.4, 0.5) is 0 Å². The Kier molecular flexibility index (Phi) is 6.85. The Hall–Kier alpha value is -1.06. The van der Waals surface area contributed by atoms with E-state index in [2.05, 4.69) is 12.2 Å². The summed E-state index contributed by atoms with van der Waals surface area (Å²) in [5.41, 5.74) is -0.428. The largest absolute Gasteiger partial charge is 0.465 e. The Bertz CT molecular complexity index is 256. The van der Waals surface area contributed by atoms with Crippen molar-refractivity contribution >= 4 is 11.9 Å². The Balaban J connectivity index is 4.58. The van der Waals surface area contributed by atoms with Gasteiger partial charge in [-0.3, -0.25) is 9.59 Å². The van der Waals surface area contributed by atoms with Gasteiger partial charge in [0.05, 0.1) is 6.61 Å². The van der Waals surface area contributed by atoms with Crippen molar-refractivity contribution in [2.45, 2.75) is 47.5 Å². The van der Waals surface area contributed by atoms with E-state index in [0.29, 0.717) is 13.2 Å². The quantitative estimate of drug-likeness (QED) is 0.442. The molecule has 0 aromatic carbocycles. The summed E-state index contributed by atoms with van der Waals surface area (Å²) in [6.45, 7) is 10.3. The van der Waals surface area contributed by atoms with Gasteiger partial charge in [-0.15, -0.1) is 0 Å². The van der Waals surface area contributed by atoms with Gasteiger partial charge in [-0.2, -0.15) is 0 Å². The van der Waals surface area contributed by atoms with E-state index in [1.165, 1.54) is 0 Å². The first-order valence-electron chi connectivity index (χ1n) is 6.28. The van der Waals surface area contributed by atoms with Crippen molar-refractivity contribution in [3.8, 4) is 0 Å². The normalized spacial score (nSPS) is 13.0. The van der Waals surface area contributed by atoms with Crippen LogP contribution >= 0.6 is 0 Å². The number of rotatable bonds is 6. The SMILES string of the molecule is CCCCNC(=O)C(C(=O)OCC)C(C)(C)C. The second-order valence-corrected chi connectivity index (χ2v) is 5.20. The molecule has 100 valence electrons. The van der Waals surface area contributed by atoms with Crippen molar-refractivity contribution < 1.29 is 14.3 Å². The third-order valence-corrected chi connectivity index (χ3v) is 2.48. The van der Waals surface area contributed by atoms with E-state index < -0.39 is 17.3 Å². The summed E-state index contributed by atoms with van der Waals surface area (Å²) in [7, 11) is 0. The number of carbonyl (C=O) groups is 2. The summed E-state index contributed by atoms with van der Waals surface area (Å²) in [5, 5.41) is 2.79. The van der Waals surface area contributed by atoms with Gasteiger partial charge in [0.25, 0.3) is 0 Å². The van der Waals surface area contributed by atoms with Gasteiger partial charge in [-0.25, -0.2) is 0 Å². The topological polar surface area (TPSA) is 55.4 Å². The molecule has 0 radical (unpaired) electrons. The van der Waals surface area contributed by atoms with Crippen LogP contribution in [0.25, 0.3) is 0 Å². The molecule has 0 aliphatic carbocycles. The number of hydrogen-bond donors (Lipinski definition) is 1. The zero-order valence-corrected chi connectivity index (χ0v) is 11.6. The molecule has 0 saturated carbocycles. The van der Waals surface area contributed by atoms with E-state index >= 15 is 0 Å². The van der Waals surface area contributed by atoms with Crippen molar-refractivity contribution in [3.63, 3.8) is 0 Å². The summed E-state index contributed by atoms with van der Waals surface area (Å²) in [6.07, 6.45) is 1.94. The number of nitrogens with one attached hydrogen (secondary N) is 1. The third kappa shape index (κ3) is 5.71. The fourth-order valence-electron chi connectivity index (χ4n) is 1.57. The summed E-state index contributed by atoms with van der Waals surface area (Å²) in [5.74, 6) is -1.40. The summed E-state index contributed by atoms with van der Waals surface area (Å²) >= 11 is 0. The van der Waals surface area contributed by atoms with Crippen LogP contribution in [-0.2, 0) is 14.3 Å². The molecule has 0 saturated heterocycles. The second kappa shape index (κ2) is 7.30. The van der Waals surface area contributed by atoms with Crippen molar-refractivity contribution in [2.24, 2.45) is 11.3 Å². The van der Waals surface area contributed by atoms with Gasteiger partial charge in [-0.05, 0) is 18.8 Å². The first-order valence-corrected chi connectivity index (χ1v) is 6.28. The van der Waals surface area contributed by atoms with Crippen LogP contribution in [0.1, 0.15) is 47.5 Å². The van der Waals surface area contributed by atoms with Gasteiger partial charge < -0.3 is 10.1 Å². The van der Waals surface area contributed by atoms with Crippen molar-refractivity contribution in [3.05, 3.63) is 0 Å². The average Bonchev–Trinajstić information content (AvgIpc) is 2.16. The molecule has 1 amide bonds. The minimum atomic E-state index is -0.737. The fourth-order valence-corrected chi connectivity index (χ4v) is 1.57. The predicted molar refractivity (Wildman–Crippen MR) is 67.5 cm³/mol. The zero-order valence-electron chi connectivity index (χ0n) is 11.6. The Labute approximate surface area is 104 Å². The van der Waals surface area contributed by atoms with Gasteiger partial charge in [0.15, 0.2) is 0 Å². The molecule has 0 bridgehead atoms. The van der Waals surface area contributed by atoms with Crippen molar-refractivity contribution in [1.82, 2.24) is 5.32 Å². The Morgan fingerprint density at radius 1 is 1.24 bits per heavy atom. The highest BCUT2D eigenvalue weighted by atomic mass is 16.5. The molecular formula is C13H25NO3. The molecule has 1 N–H and O–H groups in total. The number of hydrogen-bond acceptors (Lipinski definition) is 3. The average molecular weight is 243 g/mol. The Morgan fingerprint density at radius 2 is 1.82 bits per heavy atom. The molecule has 0 aliphatic rings. The number of unbranched alkanes of at least 4 members (excludes halogenated alkanes) is 1. The zero-order chi connectivity index (χ0) is 13.5. The molecule has 4 heteroatoms. The summed E-state index contributed by atoms with van der Waals surface area (Å²) in [6, 6.07) is 0. The molecule has 0 aromatic heterocycles. The van der Waals surface area contributed by atoms with E-state index in [1.54, 1.807) is 6.92 Å². The summed E-state index contributed by atoms with van der Waals surface area (Å²) < 4.78 is 4.96. The molecule has 0 fully saturated rings. The van der Waals surface area contributed by atoms with Gasteiger partial charge in [-0.1, -0.05) is 34.1 Å². The van der Waals surface area contributed by atoms with Gasteiger partial charge in [0, 0.05) is 6.54 Å². The molecular weight excluding hydrogens is 218 g/mol. The smallest absolute Gasteiger partial charge is 0.319 e. The maximum absolute atomic E-state index is 12.0. The predicted octanol–water partition coefficient (Wildman–Crippen LogP) is 2.13. The highest BCUT2D eigenvalue weighted by Crippen LogP contribution is 2.27. The monoisotopic (exact) mass is 243 g/mol. The molecule has 0 heterocycles. The van der Waals surface area contributed by atoms with E-state index in [4.69, 9.17) is 4.74 Å². The van der Waals surface area contributed by atoms with Gasteiger partial charge in [0.2, 0.25) is 5.91 Å². The lowest BCUT2D eigenvalue weighted by atomic mass is 9.80. The molecule has 0 aromatic rings. The van der Waals surface area contributed by atoms with E-state index in [1.807, 2.05) is 20.8 Å². The lowest BCUT2D eigenvalue weighted by Gasteiger charge is -2.27. The van der Waals surface area contributed by atoms with Crippen LogP contribution in [-0.4, -0.2) is 25.0 Å². The van der Waals surface area contributed by atoms with Crippen LogP contribution in [0.5, 0.6) is 0 Å². The first-order chi connectivity index (χ1) is 7.84. The number of esters is 1. The standard InChI is InChI=1S/C13H25NO3/c1-6-8-9-14-11(15)10(13(3,4)5)12(16)17-7-2/h10H,6-9H2,1-5H3,(H,14,15). The van der Waals surface area contributed by atoms with Crippen LogP contribution in [0, 0.1) is 11.3 Å². The molecule has 4 nitrogen and oxygen atoms in total. The minimum absolute atomic E-state index is 0.232. The molecule has 1 unspecified atom stereocenters. The highest BCUT2D eigenvalue weighted by Gasteiger charge is 2.38. The lowest BCUT2D eigenvalue weighted by molar-refractivity contribution is -0.156. The number of amides is 1. The third-order valence-electron chi connectivity index (χ3n) is 2.48. The van der Waals surface area contributed by atoms with Crippen LogP contribution in [0.3, 0.4) is 0 Å². The molecule has 0 rings (SSSR count). The van der Waals surface area contributed by atoms with Crippen LogP contribution in [0.15, 0.2) is 0 Å². The van der Waals surface area contributed by atoms with Crippen LogP contribution in [0.2, 0.25) is 0 Å². The summed E-state index contributed by atoms with van der Waals surface area (Å²) in [4.78, 5) is 23.8. The maximum atomic E-state index is 12.0. The molecule has 0 aliphatic heterocycles. The van der Waals surface area contributed by atoms with Gasteiger partial charge in [0.1, 0.15) is 5.92 Å². The van der Waals surface area contributed by atoms with Crippen molar-refractivity contribution in [1.29, 1.82) is 0 Å². The lowest BCUT2D eigenvalue weighted by Crippen LogP contribution is -2.43. The van der Waals surface area contributed by atoms with E-state index in [-0.39, 0.29) is 5.91 Å². The number of carbonyl (C=O) groups excluding carboxylic acids is 2. The molecule has 1 atom stereocenters. The highest BCUT2D eigenvalue weighted by molar-refractivity contribution is 5.98. The fraction of sp³-hybridized carbons (Fsp3) is 0.846. The molecule has 0 spiro atoms. The van der Waals surface area contributed by atoms with E-state index in [9.17, 15) is 9.59 Å². The van der Waals surface area contributed by atoms with Crippen LogP contribution < -0.4 is 5.32 Å².